The van der Waals surface area contributed by atoms with Gasteiger partial charge in [-0.3, -0.25) is 0 Å². The van der Waals surface area contributed by atoms with Crippen molar-refractivity contribution in [1.29, 1.82) is 0 Å². The van der Waals surface area contributed by atoms with E-state index >= 15 is 0 Å². The van der Waals surface area contributed by atoms with Crippen LogP contribution in [0.2, 0.25) is 10.3 Å². The van der Waals surface area contributed by atoms with Crippen LogP contribution in [-0.4, -0.2) is 45.0 Å². The fraction of sp³-hybridized carbons (Fsp3) is 0.467. The highest BCUT2D eigenvalue weighted by molar-refractivity contribution is 6.36. The van der Waals surface area contributed by atoms with Crippen molar-refractivity contribution in [3.05, 3.63) is 28.5 Å². The maximum absolute atomic E-state index is 9.29. The summed E-state index contributed by atoms with van der Waals surface area (Å²) < 4.78 is 0. The predicted molar refractivity (Wildman–Crippen MR) is 95.1 cm³/mol. The van der Waals surface area contributed by atoms with Crippen molar-refractivity contribution in [1.82, 2.24) is 9.97 Å². The van der Waals surface area contributed by atoms with E-state index in [1.807, 2.05) is 19.9 Å². The van der Waals surface area contributed by atoms with Crippen molar-refractivity contribution >= 4 is 39.9 Å². The van der Waals surface area contributed by atoms with Crippen LogP contribution in [0.4, 0.5) is 5.82 Å². The van der Waals surface area contributed by atoms with Gasteiger partial charge in [0.2, 0.25) is 5.28 Å². The summed E-state index contributed by atoms with van der Waals surface area (Å²) in [6.07, 6.45) is -0.338. The van der Waals surface area contributed by atoms with E-state index in [-0.39, 0.29) is 18.0 Å². The first kappa shape index (κ1) is 19.9. The predicted octanol–water partition coefficient (Wildman–Crippen LogP) is 2.45. The smallest absolute Gasteiger partial charge is 0.224 e. The third-order valence-electron chi connectivity index (χ3n) is 2.84. The van der Waals surface area contributed by atoms with E-state index in [4.69, 9.17) is 34.0 Å². The summed E-state index contributed by atoms with van der Waals surface area (Å²) in [4.78, 5) is 8.26. The van der Waals surface area contributed by atoms with Crippen molar-refractivity contribution in [3.8, 4) is 0 Å². The summed E-state index contributed by atoms with van der Waals surface area (Å²) in [5.41, 5.74) is 5.06. The van der Waals surface area contributed by atoms with Gasteiger partial charge in [0.1, 0.15) is 5.82 Å². The molecule has 0 saturated carbocycles. The number of anilines is 1. The Morgan fingerprint density at radius 3 is 2.43 bits per heavy atom. The molecule has 0 aliphatic rings. The minimum atomic E-state index is -0.524. The molecule has 0 saturated heterocycles. The number of aliphatic hydroxyl groups is 2. The van der Waals surface area contributed by atoms with Gasteiger partial charge in [-0.25, -0.2) is 9.97 Å². The molecule has 0 aliphatic heterocycles. The fourth-order valence-corrected chi connectivity index (χ4v) is 2.00. The van der Waals surface area contributed by atoms with Gasteiger partial charge in [-0.15, -0.1) is 0 Å². The largest absolute Gasteiger partial charge is 0.394 e. The first-order valence-electron chi connectivity index (χ1n) is 7.09. The molecular weight excluding hydrogens is 339 g/mol. The lowest BCUT2D eigenvalue weighted by molar-refractivity contribution is 0.203. The Bertz CT molecular complexity index is 651. The molecule has 5 N–H and O–H groups in total. The Morgan fingerprint density at radius 1 is 1.30 bits per heavy atom. The molecule has 2 aromatic rings. The quantitative estimate of drug-likeness (QED) is 0.624. The zero-order chi connectivity index (χ0) is 17.6. The van der Waals surface area contributed by atoms with Crippen LogP contribution in [0, 0.1) is 0 Å². The van der Waals surface area contributed by atoms with Crippen LogP contribution < -0.4 is 11.1 Å². The van der Waals surface area contributed by atoms with Crippen molar-refractivity contribution in [3.63, 3.8) is 0 Å². The fourth-order valence-electron chi connectivity index (χ4n) is 1.56. The van der Waals surface area contributed by atoms with Gasteiger partial charge in [-0.05, 0) is 44.5 Å². The SMILES string of the molecule is CC(C)(CO)Nc1nc(Cl)nc2cccc(Cl)c12.CC(O)CN. The van der Waals surface area contributed by atoms with Crippen LogP contribution in [0.15, 0.2) is 18.2 Å². The molecule has 23 heavy (non-hydrogen) atoms. The second-order valence-corrected chi connectivity index (χ2v) is 6.47. The van der Waals surface area contributed by atoms with Crippen molar-refractivity contribution < 1.29 is 10.2 Å². The number of rotatable bonds is 4. The molecule has 0 bridgehead atoms. The molecule has 0 fully saturated rings. The Labute approximate surface area is 145 Å². The summed E-state index contributed by atoms with van der Waals surface area (Å²) in [6, 6.07) is 5.37. The summed E-state index contributed by atoms with van der Waals surface area (Å²) in [6.45, 7) is 5.68. The number of aromatic nitrogens is 2. The number of fused-ring (bicyclic) bond motifs is 1. The number of aliphatic hydroxyl groups excluding tert-OH is 2. The molecule has 2 rings (SSSR count). The lowest BCUT2D eigenvalue weighted by atomic mass is 10.1. The molecule has 0 spiro atoms. The first-order chi connectivity index (χ1) is 10.7. The number of hydrogen-bond acceptors (Lipinski definition) is 6. The van der Waals surface area contributed by atoms with Crippen LogP contribution in [0.3, 0.4) is 0 Å². The molecule has 0 radical (unpaired) electrons. The second-order valence-electron chi connectivity index (χ2n) is 5.73. The molecule has 1 aromatic heterocycles. The number of halogens is 2. The van der Waals surface area contributed by atoms with Gasteiger partial charge in [0.05, 0.1) is 34.2 Å². The Kier molecular flexibility index (Phi) is 7.44. The number of nitrogens with two attached hydrogens (primary N) is 1. The Morgan fingerprint density at radius 2 is 1.91 bits per heavy atom. The van der Waals surface area contributed by atoms with Gasteiger partial charge in [-0.1, -0.05) is 17.7 Å². The molecule has 1 aromatic carbocycles. The molecule has 6 nitrogen and oxygen atoms in total. The van der Waals surface area contributed by atoms with Crippen LogP contribution in [-0.2, 0) is 0 Å². The number of benzene rings is 1. The van der Waals surface area contributed by atoms with Gasteiger partial charge in [-0.2, -0.15) is 0 Å². The third-order valence-corrected chi connectivity index (χ3v) is 3.32. The van der Waals surface area contributed by atoms with E-state index in [2.05, 4.69) is 15.3 Å². The molecule has 1 atom stereocenters. The lowest BCUT2D eigenvalue weighted by Gasteiger charge is -2.25. The van der Waals surface area contributed by atoms with Gasteiger partial charge in [0, 0.05) is 6.54 Å². The molecule has 128 valence electrons. The Balaban J connectivity index is 0.000000463. The van der Waals surface area contributed by atoms with Crippen LogP contribution in [0.1, 0.15) is 20.8 Å². The molecule has 0 amide bonds. The van der Waals surface area contributed by atoms with Gasteiger partial charge in [0.15, 0.2) is 0 Å². The zero-order valence-corrected chi connectivity index (χ0v) is 14.9. The molecule has 0 aliphatic carbocycles. The van der Waals surface area contributed by atoms with Crippen LogP contribution >= 0.6 is 23.2 Å². The summed E-state index contributed by atoms with van der Waals surface area (Å²) in [7, 11) is 0. The van der Waals surface area contributed by atoms with Gasteiger partial charge < -0.3 is 21.3 Å². The standard InChI is InChI=1S/C12H13Cl2N3O.C3H9NO/c1-12(2,6-18)17-10-9-7(13)4-3-5-8(9)15-11(14)16-10;1-3(5)2-4/h3-5,18H,6H2,1-2H3,(H,15,16,17);3,5H,2,4H2,1H3. The van der Waals surface area contributed by atoms with Crippen LogP contribution in [0.25, 0.3) is 10.9 Å². The van der Waals surface area contributed by atoms with E-state index < -0.39 is 5.54 Å². The molecule has 1 heterocycles. The third kappa shape index (κ3) is 6.08. The second kappa shape index (κ2) is 8.61. The number of nitrogens with one attached hydrogen (secondary N) is 1. The van der Waals surface area contributed by atoms with E-state index in [1.165, 1.54) is 0 Å². The molecular formula is C15H22Cl2N4O2. The zero-order valence-electron chi connectivity index (χ0n) is 13.3. The topological polar surface area (TPSA) is 104 Å². The summed E-state index contributed by atoms with van der Waals surface area (Å²) in [5, 5.41) is 22.0. The number of hydrogen-bond donors (Lipinski definition) is 4. The van der Waals surface area contributed by atoms with E-state index in [0.29, 0.717) is 28.3 Å². The average molecular weight is 361 g/mol. The van der Waals surface area contributed by atoms with E-state index in [9.17, 15) is 5.11 Å². The van der Waals surface area contributed by atoms with Crippen molar-refractivity contribution in [2.24, 2.45) is 5.73 Å². The lowest BCUT2D eigenvalue weighted by Crippen LogP contribution is -2.35. The van der Waals surface area contributed by atoms with Gasteiger partial charge in [0.25, 0.3) is 0 Å². The first-order valence-corrected chi connectivity index (χ1v) is 7.84. The Hall–Kier alpha value is -1.18. The van der Waals surface area contributed by atoms with Crippen LogP contribution in [0.5, 0.6) is 0 Å². The van der Waals surface area contributed by atoms with E-state index in [0.717, 1.165) is 0 Å². The van der Waals surface area contributed by atoms with Gasteiger partial charge >= 0.3 is 0 Å². The average Bonchev–Trinajstić information content (AvgIpc) is 2.47. The minimum absolute atomic E-state index is 0.0411. The number of nitrogens with zero attached hydrogens (tertiary/aromatic N) is 2. The summed E-state index contributed by atoms with van der Waals surface area (Å²) in [5.74, 6) is 0.523. The monoisotopic (exact) mass is 360 g/mol. The minimum Gasteiger partial charge on any atom is -0.394 e. The highest BCUT2D eigenvalue weighted by Crippen LogP contribution is 2.30. The van der Waals surface area contributed by atoms with E-state index in [1.54, 1.807) is 19.1 Å². The highest BCUT2D eigenvalue weighted by Gasteiger charge is 2.19. The maximum Gasteiger partial charge on any atom is 0.224 e. The highest BCUT2D eigenvalue weighted by atomic mass is 35.5. The molecule has 1 unspecified atom stereocenters. The molecule has 8 heteroatoms. The van der Waals surface area contributed by atoms with Crippen molar-refractivity contribution in [2.75, 3.05) is 18.5 Å². The summed E-state index contributed by atoms with van der Waals surface area (Å²) >= 11 is 12.0. The normalized spacial score (nSPS) is 12.5. The van der Waals surface area contributed by atoms with Crippen molar-refractivity contribution in [2.45, 2.75) is 32.4 Å². The maximum atomic E-state index is 9.29.